The van der Waals surface area contributed by atoms with Crippen molar-refractivity contribution in [1.29, 1.82) is 5.26 Å². The zero-order valence-corrected chi connectivity index (χ0v) is 18.9. The quantitative estimate of drug-likeness (QED) is 0.275. The van der Waals surface area contributed by atoms with E-state index in [1.54, 1.807) is 0 Å². The van der Waals surface area contributed by atoms with E-state index in [-0.39, 0.29) is 0 Å². The molecule has 0 atom stereocenters. The minimum atomic E-state index is 0.679. The summed E-state index contributed by atoms with van der Waals surface area (Å²) in [6, 6.07) is 42.6. The number of nitrogens with zero attached hydrogens (tertiary/aromatic N) is 2. The summed E-state index contributed by atoms with van der Waals surface area (Å²) in [5.41, 5.74) is 10.1. The van der Waals surface area contributed by atoms with Crippen LogP contribution in [0.25, 0.3) is 49.7 Å². The van der Waals surface area contributed by atoms with Crippen LogP contribution >= 0.6 is 0 Å². The predicted molar refractivity (Wildman–Crippen MR) is 141 cm³/mol. The Morgan fingerprint density at radius 1 is 0.559 bits per heavy atom. The molecule has 0 aliphatic heterocycles. The van der Waals surface area contributed by atoms with Gasteiger partial charge in [0, 0.05) is 16.5 Å². The van der Waals surface area contributed by atoms with Crippen LogP contribution in [0, 0.1) is 18.3 Å². The molecule has 1 aromatic heterocycles. The van der Waals surface area contributed by atoms with Crippen molar-refractivity contribution in [3.63, 3.8) is 0 Å². The average molecular weight is 435 g/mol. The summed E-state index contributed by atoms with van der Waals surface area (Å²) in [7, 11) is 0. The fourth-order valence-corrected chi connectivity index (χ4v) is 4.86. The largest absolute Gasteiger partial charge is 0.309 e. The van der Waals surface area contributed by atoms with Gasteiger partial charge in [0.15, 0.2) is 0 Å². The van der Waals surface area contributed by atoms with Crippen LogP contribution in [0.3, 0.4) is 0 Å². The second-order valence-corrected chi connectivity index (χ2v) is 8.70. The van der Waals surface area contributed by atoms with Gasteiger partial charge < -0.3 is 4.57 Å². The molecule has 0 bridgehead atoms. The maximum atomic E-state index is 9.43. The number of hydrogen-bond acceptors (Lipinski definition) is 1. The summed E-state index contributed by atoms with van der Waals surface area (Å²) in [4.78, 5) is 0. The van der Waals surface area contributed by atoms with Gasteiger partial charge in [-0.15, -0.1) is 0 Å². The lowest BCUT2D eigenvalue weighted by Crippen LogP contribution is -1.95. The first-order valence-electron chi connectivity index (χ1n) is 11.4. The van der Waals surface area contributed by atoms with Crippen molar-refractivity contribution in [2.24, 2.45) is 0 Å². The third-order valence-corrected chi connectivity index (χ3v) is 6.45. The van der Waals surface area contributed by atoms with E-state index in [1.165, 1.54) is 27.8 Å². The van der Waals surface area contributed by atoms with Gasteiger partial charge in [0.25, 0.3) is 0 Å². The van der Waals surface area contributed by atoms with E-state index >= 15 is 0 Å². The lowest BCUT2D eigenvalue weighted by Gasteiger charge is -2.12. The highest BCUT2D eigenvalue weighted by molar-refractivity contribution is 6.09. The Balaban J connectivity index is 1.51. The fourth-order valence-electron chi connectivity index (χ4n) is 4.86. The van der Waals surface area contributed by atoms with E-state index in [4.69, 9.17) is 0 Å². The molecule has 0 spiro atoms. The number of fused-ring (bicyclic) bond motifs is 3. The molecule has 0 radical (unpaired) electrons. The average Bonchev–Trinajstić information content (AvgIpc) is 3.22. The highest BCUT2D eigenvalue weighted by Crippen LogP contribution is 2.34. The molecule has 0 N–H and O–H groups in total. The van der Waals surface area contributed by atoms with Crippen molar-refractivity contribution < 1.29 is 0 Å². The van der Waals surface area contributed by atoms with Crippen molar-refractivity contribution in [3.05, 3.63) is 126 Å². The molecular formula is C32H22N2. The SMILES string of the molecule is Cc1cc(-c2ccc(-c3ccccc3)cc2)cc(-n2c3ccccc3c3cc(C#N)ccc32)c1. The second kappa shape index (κ2) is 8.06. The molecule has 6 rings (SSSR count). The Bertz CT molecular complexity index is 1700. The van der Waals surface area contributed by atoms with Crippen molar-refractivity contribution in [3.8, 4) is 34.0 Å². The maximum absolute atomic E-state index is 9.43. The summed E-state index contributed by atoms with van der Waals surface area (Å²) in [5.74, 6) is 0. The van der Waals surface area contributed by atoms with E-state index in [1.807, 2.05) is 18.2 Å². The number of benzene rings is 5. The molecule has 2 nitrogen and oxygen atoms in total. The number of nitriles is 1. The standard InChI is InChI=1S/C32H22N2/c1-22-17-27(26-14-12-25(13-15-26)24-7-3-2-4-8-24)20-28(18-22)34-31-10-6-5-9-29(31)30-19-23(21-33)11-16-32(30)34/h2-20H,1H3. The van der Waals surface area contributed by atoms with Crippen molar-refractivity contribution in [2.45, 2.75) is 6.92 Å². The summed E-state index contributed by atoms with van der Waals surface area (Å²) >= 11 is 0. The van der Waals surface area contributed by atoms with Gasteiger partial charge in [-0.3, -0.25) is 0 Å². The summed E-state index contributed by atoms with van der Waals surface area (Å²) in [5, 5.41) is 11.7. The zero-order valence-electron chi connectivity index (χ0n) is 18.9. The van der Waals surface area contributed by atoms with Crippen LogP contribution in [0.1, 0.15) is 11.1 Å². The van der Waals surface area contributed by atoms with Gasteiger partial charge in [0.2, 0.25) is 0 Å². The van der Waals surface area contributed by atoms with Gasteiger partial charge in [-0.05, 0) is 71.1 Å². The van der Waals surface area contributed by atoms with E-state index in [2.05, 4.69) is 115 Å². The molecule has 0 aliphatic carbocycles. The van der Waals surface area contributed by atoms with Crippen LogP contribution in [-0.4, -0.2) is 4.57 Å². The lowest BCUT2D eigenvalue weighted by atomic mass is 9.99. The van der Waals surface area contributed by atoms with E-state index in [0.29, 0.717) is 5.56 Å². The van der Waals surface area contributed by atoms with Crippen LogP contribution in [0.2, 0.25) is 0 Å². The van der Waals surface area contributed by atoms with E-state index in [9.17, 15) is 5.26 Å². The molecule has 1 heterocycles. The highest BCUT2D eigenvalue weighted by atomic mass is 15.0. The first-order chi connectivity index (χ1) is 16.7. The third kappa shape index (κ3) is 3.36. The monoisotopic (exact) mass is 434 g/mol. The van der Waals surface area contributed by atoms with Gasteiger partial charge in [-0.25, -0.2) is 0 Å². The van der Waals surface area contributed by atoms with Crippen molar-refractivity contribution in [2.75, 3.05) is 0 Å². The zero-order chi connectivity index (χ0) is 23.1. The Hall–Kier alpha value is -4.61. The van der Waals surface area contributed by atoms with Crippen LogP contribution in [0.15, 0.2) is 115 Å². The molecule has 2 heteroatoms. The Kier molecular flexibility index (Phi) is 4.75. The minimum absolute atomic E-state index is 0.679. The summed E-state index contributed by atoms with van der Waals surface area (Å²) in [6.45, 7) is 2.15. The van der Waals surface area contributed by atoms with E-state index < -0.39 is 0 Å². The van der Waals surface area contributed by atoms with Crippen LogP contribution in [-0.2, 0) is 0 Å². The van der Waals surface area contributed by atoms with E-state index in [0.717, 1.165) is 27.5 Å². The first-order valence-corrected chi connectivity index (χ1v) is 11.4. The normalized spacial score (nSPS) is 11.1. The third-order valence-electron chi connectivity index (χ3n) is 6.45. The molecule has 6 aromatic rings. The molecular weight excluding hydrogens is 412 g/mol. The first kappa shape index (κ1) is 20.0. The van der Waals surface area contributed by atoms with Gasteiger partial charge in [0.05, 0.1) is 22.7 Å². The number of rotatable bonds is 3. The highest BCUT2D eigenvalue weighted by Gasteiger charge is 2.14. The van der Waals surface area contributed by atoms with Crippen LogP contribution in [0.5, 0.6) is 0 Å². The Labute approximate surface area is 199 Å². The molecule has 160 valence electrons. The topological polar surface area (TPSA) is 28.7 Å². The van der Waals surface area contributed by atoms with Crippen LogP contribution < -0.4 is 0 Å². The molecule has 0 fully saturated rings. The second-order valence-electron chi connectivity index (χ2n) is 8.70. The molecule has 0 amide bonds. The van der Waals surface area contributed by atoms with Gasteiger partial charge in [-0.2, -0.15) is 5.26 Å². The Morgan fingerprint density at radius 2 is 1.21 bits per heavy atom. The maximum Gasteiger partial charge on any atom is 0.0991 e. The molecule has 0 saturated heterocycles. The lowest BCUT2D eigenvalue weighted by molar-refractivity contribution is 1.17. The minimum Gasteiger partial charge on any atom is -0.309 e. The van der Waals surface area contributed by atoms with Crippen molar-refractivity contribution in [1.82, 2.24) is 4.57 Å². The Morgan fingerprint density at radius 3 is 1.97 bits per heavy atom. The van der Waals surface area contributed by atoms with Gasteiger partial charge in [-0.1, -0.05) is 78.9 Å². The number of aromatic nitrogens is 1. The summed E-state index contributed by atoms with van der Waals surface area (Å²) in [6.07, 6.45) is 0. The molecule has 34 heavy (non-hydrogen) atoms. The predicted octanol–water partition coefficient (Wildman–Crippen LogP) is 8.30. The smallest absolute Gasteiger partial charge is 0.0991 e. The molecule has 5 aromatic carbocycles. The number of aryl methyl sites for hydroxylation is 1. The molecule has 0 saturated carbocycles. The summed E-state index contributed by atoms with van der Waals surface area (Å²) < 4.78 is 2.31. The number of para-hydroxylation sites is 1. The number of hydrogen-bond donors (Lipinski definition) is 0. The van der Waals surface area contributed by atoms with Gasteiger partial charge >= 0.3 is 0 Å². The molecule has 0 aliphatic rings. The van der Waals surface area contributed by atoms with Crippen LogP contribution in [0.4, 0.5) is 0 Å². The molecule has 0 unspecified atom stereocenters. The van der Waals surface area contributed by atoms with Crippen molar-refractivity contribution >= 4 is 21.8 Å². The van der Waals surface area contributed by atoms with Gasteiger partial charge in [0.1, 0.15) is 0 Å². The fraction of sp³-hybridized carbons (Fsp3) is 0.0312.